The lowest BCUT2D eigenvalue weighted by molar-refractivity contribution is 0.178. The van der Waals surface area contributed by atoms with Gasteiger partial charge in [-0.3, -0.25) is 0 Å². The molecule has 2 unspecified atom stereocenters. The molecule has 4 heteroatoms. The monoisotopic (exact) mass is 252 g/mol. The van der Waals surface area contributed by atoms with Crippen LogP contribution in [0.25, 0.3) is 0 Å². The second kappa shape index (κ2) is 6.16. The Morgan fingerprint density at radius 2 is 2.39 bits per heavy atom. The number of nitrogens with zero attached hydrogens (tertiary/aromatic N) is 1. The third-order valence-corrected chi connectivity index (χ3v) is 3.62. The summed E-state index contributed by atoms with van der Waals surface area (Å²) >= 11 is 0. The van der Waals surface area contributed by atoms with Crippen LogP contribution >= 0.6 is 0 Å². The van der Waals surface area contributed by atoms with Crippen LogP contribution in [0.1, 0.15) is 6.42 Å². The van der Waals surface area contributed by atoms with Crippen molar-refractivity contribution in [1.29, 1.82) is 0 Å². The number of hydrogen-bond donors (Lipinski definition) is 1. The van der Waals surface area contributed by atoms with Gasteiger partial charge in [0.25, 0.3) is 0 Å². The summed E-state index contributed by atoms with van der Waals surface area (Å²) in [5.41, 5.74) is 0.911. The fraction of sp³-hybridized carbons (Fsp3) is 0.571. The first kappa shape index (κ1) is 13.3. The Morgan fingerprint density at radius 3 is 3.00 bits per heavy atom. The van der Waals surface area contributed by atoms with Gasteiger partial charge in [-0.15, -0.1) is 0 Å². The van der Waals surface area contributed by atoms with Gasteiger partial charge in [0.2, 0.25) is 0 Å². The molecule has 0 bridgehead atoms. The molecule has 0 amide bonds. The van der Waals surface area contributed by atoms with Crippen LogP contribution in [0.3, 0.4) is 0 Å². The number of benzene rings is 1. The number of halogens is 1. The summed E-state index contributed by atoms with van der Waals surface area (Å²) in [6.07, 6.45) is 1.10. The molecule has 1 fully saturated rings. The molecule has 1 heterocycles. The van der Waals surface area contributed by atoms with E-state index in [0.717, 1.165) is 31.9 Å². The van der Waals surface area contributed by atoms with Gasteiger partial charge in [-0.1, -0.05) is 6.07 Å². The fourth-order valence-corrected chi connectivity index (χ4v) is 2.46. The lowest BCUT2D eigenvalue weighted by atomic mass is 9.98. The van der Waals surface area contributed by atoms with Crippen LogP contribution in [0.2, 0.25) is 0 Å². The maximum atomic E-state index is 13.2. The summed E-state index contributed by atoms with van der Waals surface area (Å²) in [4.78, 5) is 2.09. The molecule has 0 aliphatic carbocycles. The highest BCUT2D eigenvalue weighted by molar-refractivity contribution is 5.45. The number of hydrogen-bond acceptors (Lipinski definition) is 3. The van der Waals surface area contributed by atoms with Crippen molar-refractivity contribution < 1.29 is 9.13 Å². The normalized spacial score (nSPS) is 20.9. The van der Waals surface area contributed by atoms with E-state index in [9.17, 15) is 4.39 Å². The molecular formula is C14H21FN2O. The molecule has 1 aromatic carbocycles. The van der Waals surface area contributed by atoms with Crippen molar-refractivity contribution in [1.82, 2.24) is 5.32 Å². The summed E-state index contributed by atoms with van der Waals surface area (Å²) in [6.45, 7) is 2.53. The molecule has 0 radical (unpaired) electrons. The number of nitrogens with one attached hydrogen (secondary N) is 1. The maximum Gasteiger partial charge on any atom is 0.125 e. The number of rotatable bonds is 5. The lowest BCUT2D eigenvalue weighted by Crippen LogP contribution is -2.43. The van der Waals surface area contributed by atoms with Gasteiger partial charge in [0, 0.05) is 37.8 Å². The first-order valence-corrected chi connectivity index (χ1v) is 6.42. The fourth-order valence-electron chi connectivity index (χ4n) is 2.46. The van der Waals surface area contributed by atoms with Crippen LogP contribution in [0.4, 0.5) is 10.1 Å². The first-order valence-electron chi connectivity index (χ1n) is 6.42. The Kier molecular flexibility index (Phi) is 4.55. The minimum Gasteiger partial charge on any atom is -0.381 e. The Morgan fingerprint density at radius 1 is 1.56 bits per heavy atom. The summed E-state index contributed by atoms with van der Waals surface area (Å²) in [5.74, 6) is 0.357. The molecular weight excluding hydrogens is 231 g/mol. The van der Waals surface area contributed by atoms with Crippen molar-refractivity contribution in [3.63, 3.8) is 0 Å². The average molecular weight is 252 g/mol. The number of likely N-dealkylation sites (N-methyl/N-ethyl adjacent to an activating group) is 2. The Hall–Kier alpha value is -1.13. The van der Waals surface area contributed by atoms with Crippen molar-refractivity contribution in [2.75, 3.05) is 38.8 Å². The summed E-state index contributed by atoms with van der Waals surface area (Å²) in [7, 11) is 3.97. The Bertz CT molecular complexity index is 380. The standard InChI is InChI=1S/C14H21FN2O/c1-16-14(11-6-7-18-10-11)9-17(2)13-5-3-4-12(15)8-13/h3-5,8,11,14,16H,6-7,9-10H2,1-2H3. The van der Waals surface area contributed by atoms with Crippen LogP contribution in [0.5, 0.6) is 0 Å². The average Bonchev–Trinajstić information content (AvgIpc) is 2.89. The van der Waals surface area contributed by atoms with Crippen LogP contribution in [0.15, 0.2) is 24.3 Å². The van der Waals surface area contributed by atoms with Crippen LogP contribution in [-0.4, -0.2) is 39.9 Å². The smallest absolute Gasteiger partial charge is 0.125 e. The summed E-state index contributed by atoms with van der Waals surface area (Å²) in [5, 5.41) is 3.34. The van der Waals surface area contributed by atoms with Gasteiger partial charge in [0.15, 0.2) is 0 Å². The zero-order valence-corrected chi connectivity index (χ0v) is 11.0. The molecule has 0 saturated carbocycles. The molecule has 18 heavy (non-hydrogen) atoms. The van der Waals surface area contributed by atoms with Gasteiger partial charge in [-0.2, -0.15) is 0 Å². The molecule has 0 spiro atoms. The van der Waals surface area contributed by atoms with Crippen LogP contribution < -0.4 is 10.2 Å². The van der Waals surface area contributed by atoms with Gasteiger partial charge >= 0.3 is 0 Å². The van der Waals surface area contributed by atoms with E-state index in [2.05, 4.69) is 10.2 Å². The minimum absolute atomic E-state index is 0.190. The van der Waals surface area contributed by atoms with Crippen molar-refractivity contribution in [3.8, 4) is 0 Å². The largest absolute Gasteiger partial charge is 0.381 e. The van der Waals surface area contributed by atoms with Gasteiger partial charge < -0.3 is 15.0 Å². The van der Waals surface area contributed by atoms with E-state index >= 15 is 0 Å². The topological polar surface area (TPSA) is 24.5 Å². The third kappa shape index (κ3) is 3.21. The Balaban J connectivity index is 1.98. The SMILES string of the molecule is CNC(CN(C)c1cccc(F)c1)C1CCOC1. The highest BCUT2D eigenvalue weighted by atomic mass is 19.1. The van der Waals surface area contributed by atoms with Crippen molar-refractivity contribution >= 4 is 5.69 Å². The molecule has 1 aromatic rings. The Labute approximate surface area is 108 Å². The molecule has 1 aliphatic rings. The molecule has 0 aromatic heterocycles. The number of ether oxygens (including phenoxy) is 1. The highest BCUT2D eigenvalue weighted by Gasteiger charge is 2.25. The van der Waals surface area contributed by atoms with E-state index < -0.39 is 0 Å². The van der Waals surface area contributed by atoms with E-state index in [1.54, 1.807) is 12.1 Å². The predicted molar refractivity (Wildman–Crippen MR) is 71.4 cm³/mol. The highest BCUT2D eigenvalue weighted by Crippen LogP contribution is 2.20. The van der Waals surface area contributed by atoms with E-state index in [4.69, 9.17) is 4.74 Å². The zero-order valence-electron chi connectivity index (χ0n) is 11.0. The van der Waals surface area contributed by atoms with Crippen molar-refractivity contribution in [3.05, 3.63) is 30.1 Å². The van der Waals surface area contributed by atoms with Gasteiger partial charge in [-0.05, 0) is 31.7 Å². The number of anilines is 1. The van der Waals surface area contributed by atoms with E-state index in [1.807, 2.05) is 20.2 Å². The molecule has 1 N–H and O–H groups in total. The molecule has 100 valence electrons. The third-order valence-electron chi connectivity index (χ3n) is 3.62. The van der Waals surface area contributed by atoms with E-state index in [1.165, 1.54) is 6.07 Å². The molecule has 2 atom stereocenters. The van der Waals surface area contributed by atoms with Crippen LogP contribution in [0, 0.1) is 11.7 Å². The molecule has 3 nitrogen and oxygen atoms in total. The molecule has 2 rings (SSSR count). The van der Waals surface area contributed by atoms with Crippen LogP contribution in [-0.2, 0) is 4.74 Å². The van der Waals surface area contributed by atoms with Crippen molar-refractivity contribution in [2.45, 2.75) is 12.5 Å². The van der Waals surface area contributed by atoms with E-state index in [-0.39, 0.29) is 5.82 Å². The van der Waals surface area contributed by atoms with E-state index in [0.29, 0.717) is 12.0 Å². The molecule has 1 saturated heterocycles. The maximum absolute atomic E-state index is 13.2. The minimum atomic E-state index is -0.190. The lowest BCUT2D eigenvalue weighted by Gasteiger charge is -2.28. The first-order chi connectivity index (χ1) is 8.70. The zero-order chi connectivity index (χ0) is 13.0. The second-order valence-corrected chi connectivity index (χ2v) is 4.88. The second-order valence-electron chi connectivity index (χ2n) is 4.88. The van der Waals surface area contributed by atoms with Crippen molar-refractivity contribution in [2.24, 2.45) is 5.92 Å². The quantitative estimate of drug-likeness (QED) is 0.866. The molecule has 1 aliphatic heterocycles. The van der Waals surface area contributed by atoms with Gasteiger partial charge in [-0.25, -0.2) is 4.39 Å². The van der Waals surface area contributed by atoms with Gasteiger partial charge in [0.1, 0.15) is 5.82 Å². The summed E-state index contributed by atoms with van der Waals surface area (Å²) < 4.78 is 18.6. The predicted octanol–water partition coefficient (Wildman–Crippen LogP) is 1.89. The van der Waals surface area contributed by atoms with Gasteiger partial charge in [0.05, 0.1) is 6.61 Å². The summed E-state index contributed by atoms with van der Waals surface area (Å²) in [6, 6.07) is 7.09.